The van der Waals surface area contributed by atoms with Crippen molar-refractivity contribution >= 4 is 11.8 Å². The summed E-state index contributed by atoms with van der Waals surface area (Å²) in [6.45, 7) is 1.36. The summed E-state index contributed by atoms with van der Waals surface area (Å²) < 4.78 is 10.1. The molecule has 22 heavy (non-hydrogen) atoms. The molecule has 0 aliphatic rings. The highest BCUT2D eigenvalue weighted by Crippen LogP contribution is 2.15. The van der Waals surface area contributed by atoms with Crippen LogP contribution < -0.4 is 10.2 Å². The summed E-state index contributed by atoms with van der Waals surface area (Å²) in [6.07, 6.45) is 1.19. The molecule has 1 heterocycles. The van der Waals surface area contributed by atoms with Crippen molar-refractivity contribution < 1.29 is 19.1 Å². The molecule has 0 unspecified atom stereocenters. The number of H-pyrrole nitrogens is 1. The number of pyridine rings is 1. The maximum atomic E-state index is 12.3. The number of ketones is 1. The summed E-state index contributed by atoms with van der Waals surface area (Å²) >= 11 is 0. The highest BCUT2D eigenvalue weighted by atomic mass is 16.5. The Hall–Kier alpha value is -2.89. The van der Waals surface area contributed by atoms with Gasteiger partial charge in [-0.25, -0.2) is 4.79 Å². The van der Waals surface area contributed by atoms with Crippen LogP contribution in [0.1, 0.15) is 33.3 Å². The summed E-state index contributed by atoms with van der Waals surface area (Å²) in [5.74, 6) is -1.37. The molecule has 114 valence electrons. The highest BCUT2D eigenvalue weighted by Gasteiger charge is 2.21. The summed E-state index contributed by atoms with van der Waals surface area (Å²) in [5, 5.41) is 0. The third-order valence-electron chi connectivity index (χ3n) is 3.03. The van der Waals surface area contributed by atoms with E-state index in [0.717, 1.165) is 5.56 Å². The van der Waals surface area contributed by atoms with Crippen molar-refractivity contribution in [2.24, 2.45) is 0 Å². The van der Waals surface area contributed by atoms with Crippen LogP contribution in [0.25, 0.3) is 0 Å². The first kappa shape index (κ1) is 15.5. The van der Waals surface area contributed by atoms with Gasteiger partial charge in [-0.2, -0.15) is 0 Å². The minimum Gasteiger partial charge on any atom is -0.482 e. The molecule has 0 radical (unpaired) electrons. The molecule has 0 saturated carbocycles. The smallest absolute Gasteiger partial charge is 0.358 e. The lowest BCUT2D eigenvalue weighted by atomic mass is 10.1. The quantitative estimate of drug-likeness (QED) is 0.674. The maximum absolute atomic E-state index is 12.3. The number of nitrogens with one attached hydrogen (secondary N) is 1. The predicted octanol–water partition coefficient (Wildman–Crippen LogP) is 1.94. The van der Waals surface area contributed by atoms with Gasteiger partial charge in [-0.15, -0.1) is 0 Å². The van der Waals surface area contributed by atoms with E-state index in [1.165, 1.54) is 20.2 Å². The standard InChI is InChI=1S/C16H15NO5/c1-10(18)12-8-17-13(16(20)21-2)15(14(12)19)22-9-11-6-4-3-5-7-11/h3-8H,9H2,1-2H3,(H,17,19). The van der Waals surface area contributed by atoms with Crippen molar-refractivity contribution in [2.75, 3.05) is 7.11 Å². The number of methoxy groups -OCH3 is 1. The molecule has 2 rings (SSSR count). The first-order valence-corrected chi connectivity index (χ1v) is 6.56. The van der Waals surface area contributed by atoms with Crippen molar-refractivity contribution in [3.05, 3.63) is 63.6 Å². The molecule has 0 bridgehead atoms. The number of esters is 1. The summed E-state index contributed by atoms with van der Waals surface area (Å²) in [6, 6.07) is 9.15. The van der Waals surface area contributed by atoms with Crippen molar-refractivity contribution in [1.82, 2.24) is 4.98 Å². The fraction of sp³-hybridized carbons (Fsp3) is 0.188. The number of benzene rings is 1. The number of carbonyl (C=O) groups excluding carboxylic acids is 2. The van der Waals surface area contributed by atoms with Crippen LogP contribution in [0.2, 0.25) is 0 Å². The van der Waals surface area contributed by atoms with E-state index in [1.807, 2.05) is 30.3 Å². The first-order chi connectivity index (χ1) is 10.5. The van der Waals surface area contributed by atoms with E-state index in [2.05, 4.69) is 9.72 Å². The number of Topliss-reactive ketones (excluding diaryl/α,β-unsaturated/α-hetero) is 1. The van der Waals surface area contributed by atoms with Gasteiger partial charge in [-0.1, -0.05) is 30.3 Å². The lowest BCUT2D eigenvalue weighted by Gasteiger charge is -2.10. The van der Waals surface area contributed by atoms with Gasteiger partial charge >= 0.3 is 5.97 Å². The lowest BCUT2D eigenvalue weighted by Crippen LogP contribution is -2.21. The number of hydrogen-bond acceptors (Lipinski definition) is 5. The highest BCUT2D eigenvalue weighted by molar-refractivity contribution is 5.96. The second-order valence-electron chi connectivity index (χ2n) is 4.56. The number of hydrogen-bond donors (Lipinski definition) is 1. The molecule has 0 spiro atoms. The topological polar surface area (TPSA) is 85.5 Å². The molecule has 0 amide bonds. The first-order valence-electron chi connectivity index (χ1n) is 6.56. The van der Waals surface area contributed by atoms with E-state index in [4.69, 9.17) is 4.74 Å². The number of carbonyl (C=O) groups is 2. The Kier molecular flexibility index (Phi) is 4.73. The van der Waals surface area contributed by atoms with Crippen LogP contribution in [-0.2, 0) is 11.3 Å². The molecule has 6 heteroatoms. The van der Waals surface area contributed by atoms with Gasteiger partial charge in [0.1, 0.15) is 6.61 Å². The number of ether oxygens (including phenoxy) is 2. The van der Waals surface area contributed by atoms with E-state index < -0.39 is 17.2 Å². The minimum atomic E-state index is -0.740. The van der Waals surface area contributed by atoms with Gasteiger partial charge in [-0.05, 0) is 12.5 Å². The molecule has 6 nitrogen and oxygen atoms in total. The van der Waals surface area contributed by atoms with Crippen LogP contribution in [0.15, 0.2) is 41.3 Å². The Balaban J connectivity index is 2.41. The Morgan fingerprint density at radius 1 is 1.18 bits per heavy atom. The molecule has 0 saturated heterocycles. The minimum absolute atomic E-state index is 0.0734. The largest absolute Gasteiger partial charge is 0.482 e. The predicted molar refractivity (Wildman–Crippen MR) is 79.2 cm³/mol. The van der Waals surface area contributed by atoms with E-state index >= 15 is 0 Å². The van der Waals surface area contributed by atoms with Gasteiger partial charge < -0.3 is 14.5 Å². The molecule has 0 atom stereocenters. The van der Waals surface area contributed by atoms with E-state index in [1.54, 1.807) is 0 Å². The van der Waals surface area contributed by atoms with E-state index in [-0.39, 0.29) is 23.6 Å². The van der Waals surface area contributed by atoms with Gasteiger partial charge in [0.05, 0.1) is 12.7 Å². The fourth-order valence-electron chi connectivity index (χ4n) is 1.89. The van der Waals surface area contributed by atoms with Crippen LogP contribution in [0.5, 0.6) is 5.75 Å². The number of aromatic amines is 1. The third-order valence-corrected chi connectivity index (χ3v) is 3.03. The third kappa shape index (κ3) is 3.22. The van der Waals surface area contributed by atoms with Gasteiger partial charge in [0, 0.05) is 6.20 Å². The van der Waals surface area contributed by atoms with Crippen LogP contribution in [0.3, 0.4) is 0 Å². The van der Waals surface area contributed by atoms with Crippen molar-refractivity contribution in [3.8, 4) is 5.75 Å². The molecular weight excluding hydrogens is 286 g/mol. The van der Waals surface area contributed by atoms with Crippen molar-refractivity contribution in [1.29, 1.82) is 0 Å². The molecule has 2 aromatic rings. The maximum Gasteiger partial charge on any atom is 0.358 e. The Labute approximate surface area is 126 Å². The second-order valence-corrected chi connectivity index (χ2v) is 4.56. The van der Waals surface area contributed by atoms with Crippen LogP contribution in [0, 0.1) is 0 Å². The summed E-state index contributed by atoms with van der Waals surface area (Å²) in [5.41, 5.74) is -0.00216. The zero-order chi connectivity index (χ0) is 16.1. The molecule has 0 aliphatic heterocycles. The molecule has 1 N–H and O–H groups in total. The monoisotopic (exact) mass is 301 g/mol. The average molecular weight is 301 g/mol. The molecule has 0 fully saturated rings. The van der Waals surface area contributed by atoms with Gasteiger partial charge in [0.25, 0.3) is 0 Å². The average Bonchev–Trinajstić information content (AvgIpc) is 2.53. The van der Waals surface area contributed by atoms with E-state index in [0.29, 0.717) is 0 Å². The zero-order valence-corrected chi connectivity index (χ0v) is 12.2. The summed E-state index contributed by atoms with van der Waals surface area (Å²) in [4.78, 5) is 38.1. The van der Waals surface area contributed by atoms with Gasteiger partial charge in [-0.3, -0.25) is 9.59 Å². The summed E-state index contributed by atoms with van der Waals surface area (Å²) in [7, 11) is 1.19. The van der Waals surface area contributed by atoms with Crippen LogP contribution in [0.4, 0.5) is 0 Å². The second kappa shape index (κ2) is 6.71. The Morgan fingerprint density at radius 3 is 2.45 bits per heavy atom. The SMILES string of the molecule is COC(=O)c1[nH]cc(C(C)=O)c(=O)c1OCc1ccccc1. The van der Waals surface area contributed by atoms with Gasteiger partial charge in [0.15, 0.2) is 17.2 Å². The molecule has 0 aliphatic carbocycles. The molecular formula is C16H15NO5. The van der Waals surface area contributed by atoms with Crippen molar-refractivity contribution in [2.45, 2.75) is 13.5 Å². The zero-order valence-electron chi connectivity index (χ0n) is 12.2. The number of aromatic nitrogens is 1. The van der Waals surface area contributed by atoms with Crippen LogP contribution in [-0.4, -0.2) is 23.8 Å². The normalized spacial score (nSPS) is 10.1. The van der Waals surface area contributed by atoms with E-state index in [9.17, 15) is 14.4 Å². The molecule has 1 aromatic carbocycles. The number of rotatable bonds is 5. The Bertz CT molecular complexity index is 749. The Morgan fingerprint density at radius 2 is 1.86 bits per heavy atom. The van der Waals surface area contributed by atoms with Crippen LogP contribution >= 0.6 is 0 Å². The lowest BCUT2D eigenvalue weighted by molar-refractivity contribution is 0.0587. The fourth-order valence-corrected chi connectivity index (χ4v) is 1.89. The van der Waals surface area contributed by atoms with Gasteiger partial charge in [0.2, 0.25) is 5.43 Å². The molecule has 1 aromatic heterocycles. The van der Waals surface area contributed by atoms with Crippen molar-refractivity contribution in [3.63, 3.8) is 0 Å².